The molecule has 10 rings (SSSR count). The van der Waals surface area contributed by atoms with Crippen molar-refractivity contribution >= 4 is 75.4 Å². The Bertz CT molecular complexity index is 3420. The van der Waals surface area contributed by atoms with Gasteiger partial charge in [0.15, 0.2) is 0 Å². The van der Waals surface area contributed by atoms with E-state index in [9.17, 15) is 19.8 Å². The molecule has 0 saturated heterocycles. The summed E-state index contributed by atoms with van der Waals surface area (Å²) >= 11 is 0. The van der Waals surface area contributed by atoms with Gasteiger partial charge in [-0.1, -0.05) is 36.1 Å². The molecule has 5 aromatic carbocycles. The second-order valence-corrected chi connectivity index (χ2v) is 15.6. The normalized spacial score (nSPS) is 11.4. The van der Waals surface area contributed by atoms with E-state index >= 15 is 0 Å². The van der Waals surface area contributed by atoms with Crippen LogP contribution in [0.25, 0.3) is 68.6 Å². The summed E-state index contributed by atoms with van der Waals surface area (Å²) < 4.78 is 10.9. The number of rotatable bonds is 9. The molecular formula is C56H39N5O6. The minimum absolute atomic E-state index is 0.178. The van der Waals surface area contributed by atoms with Gasteiger partial charge in [-0.05, 0) is 163 Å². The van der Waals surface area contributed by atoms with E-state index in [2.05, 4.69) is 26.7 Å². The van der Waals surface area contributed by atoms with Crippen molar-refractivity contribution in [3.05, 3.63) is 197 Å². The minimum atomic E-state index is -1.01. The van der Waals surface area contributed by atoms with Crippen molar-refractivity contribution in [1.29, 1.82) is 0 Å². The largest absolute Gasteiger partial charge is 0.497 e. The highest BCUT2D eigenvalue weighted by Gasteiger charge is 2.18. The van der Waals surface area contributed by atoms with Crippen LogP contribution in [0.5, 0.6) is 11.5 Å². The second-order valence-electron chi connectivity index (χ2n) is 15.6. The standard InChI is InChI=1S/C56H39N5O6/c1-66-44-22-18-42(19-23-44)61(43-20-24-45(67-2)25-21-43)41-16-3-34(4-17-41)5-26-46-47-29-31-51(59-47)53(35-6-10-37(11-7-35)55(62)63)49-27-14-39(57-49)33-40-15-28-50(58-40)54(52-32-30-48(46)60-52)36-8-12-38(13-9-36)56(64)65/h3-4,6-25,27-33,57,60H,1-2H3,(H,62,63)(H,64,65). The van der Waals surface area contributed by atoms with Gasteiger partial charge in [-0.3, -0.25) is 0 Å². The van der Waals surface area contributed by atoms with E-state index in [1.165, 1.54) is 0 Å². The van der Waals surface area contributed by atoms with E-state index in [4.69, 9.17) is 19.4 Å². The maximum absolute atomic E-state index is 11.8. The van der Waals surface area contributed by atoms with Gasteiger partial charge in [-0.15, -0.1) is 0 Å². The highest BCUT2D eigenvalue weighted by molar-refractivity contribution is 5.96. The predicted molar refractivity (Wildman–Crippen MR) is 264 cm³/mol. The van der Waals surface area contributed by atoms with Gasteiger partial charge in [-0.2, -0.15) is 0 Å². The number of hydrogen-bond donors (Lipinski definition) is 4. The molecule has 67 heavy (non-hydrogen) atoms. The molecule has 5 heterocycles. The quantitative estimate of drug-likeness (QED) is 0.104. The summed E-state index contributed by atoms with van der Waals surface area (Å²) in [6.45, 7) is 0. The Labute approximate surface area is 384 Å². The van der Waals surface area contributed by atoms with Gasteiger partial charge in [0.05, 0.1) is 59.2 Å². The summed E-state index contributed by atoms with van der Waals surface area (Å²) in [5, 5.41) is 19.4. The first kappa shape index (κ1) is 41.6. The van der Waals surface area contributed by atoms with E-state index < -0.39 is 11.9 Å². The topological polar surface area (TPSA) is 154 Å². The summed E-state index contributed by atoms with van der Waals surface area (Å²) in [4.78, 5) is 43.2. The number of anilines is 3. The number of hydrogen-bond acceptors (Lipinski definition) is 7. The molecule has 0 amide bonds. The van der Waals surface area contributed by atoms with Crippen LogP contribution in [0.3, 0.4) is 0 Å². The third kappa shape index (κ3) is 8.42. The molecular weight excluding hydrogens is 839 g/mol. The number of H-pyrrole nitrogens is 2. The van der Waals surface area contributed by atoms with Crippen LogP contribution in [0.1, 0.15) is 54.6 Å². The number of aromatic nitrogens is 4. The fourth-order valence-electron chi connectivity index (χ4n) is 8.18. The summed E-state index contributed by atoms with van der Waals surface area (Å²) in [6.07, 6.45) is 7.76. The SMILES string of the molecule is COc1ccc(N(c2ccc(C#Cc3c4nc(c(-c5ccc(C(=O)O)cc5)c5ccc(cc6nc(c(-c7ccc(C(=O)O)cc7)c7ccc3[nH]7)C=C6)[nH]5)C=C4)cc2)c2ccc(OC)cc2)cc1. The summed E-state index contributed by atoms with van der Waals surface area (Å²) in [5.74, 6) is 6.38. The number of ether oxygens (including phenoxy) is 2. The fraction of sp³-hybridized carbons (Fsp3) is 0.0357. The number of carboxylic acid groups (broad SMARTS) is 2. The van der Waals surface area contributed by atoms with E-state index in [0.29, 0.717) is 33.9 Å². The minimum Gasteiger partial charge on any atom is -0.497 e. The molecule has 0 atom stereocenters. The molecule has 0 radical (unpaired) electrons. The fourth-order valence-corrected chi connectivity index (χ4v) is 8.18. The van der Waals surface area contributed by atoms with Crippen molar-refractivity contribution < 1.29 is 29.3 Å². The number of fused-ring (bicyclic) bond motifs is 8. The van der Waals surface area contributed by atoms with Crippen LogP contribution in [0.15, 0.2) is 152 Å². The van der Waals surface area contributed by atoms with Crippen LogP contribution in [0.4, 0.5) is 17.1 Å². The predicted octanol–water partition coefficient (Wildman–Crippen LogP) is 12.3. The van der Waals surface area contributed by atoms with Crippen molar-refractivity contribution in [3.63, 3.8) is 0 Å². The molecule has 0 aliphatic carbocycles. The summed E-state index contributed by atoms with van der Waals surface area (Å²) in [7, 11) is 3.29. The molecule has 3 aromatic heterocycles. The Hall–Kier alpha value is -9.40. The molecule has 0 spiro atoms. The van der Waals surface area contributed by atoms with E-state index in [1.807, 2.05) is 127 Å². The third-order valence-corrected chi connectivity index (χ3v) is 11.5. The van der Waals surface area contributed by atoms with Crippen molar-refractivity contribution in [2.75, 3.05) is 19.1 Å². The lowest BCUT2D eigenvalue weighted by molar-refractivity contribution is 0.0686. The molecule has 324 valence electrons. The maximum atomic E-state index is 11.8. The van der Waals surface area contributed by atoms with Crippen LogP contribution < -0.4 is 14.4 Å². The smallest absolute Gasteiger partial charge is 0.335 e. The van der Waals surface area contributed by atoms with Gasteiger partial charge in [0.25, 0.3) is 0 Å². The Morgan fingerprint density at radius 2 is 0.985 bits per heavy atom. The van der Waals surface area contributed by atoms with Crippen LogP contribution in [0, 0.1) is 11.8 Å². The second kappa shape index (κ2) is 17.6. The summed E-state index contributed by atoms with van der Waals surface area (Å²) in [6, 6.07) is 47.1. The molecule has 11 nitrogen and oxygen atoms in total. The molecule has 0 unspecified atom stereocenters. The number of carboxylic acids is 2. The molecule has 8 aromatic rings. The average Bonchev–Trinajstić information content (AvgIpc) is 4.21. The third-order valence-electron chi connectivity index (χ3n) is 11.5. The number of nitrogens with zero attached hydrogens (tertiary/aromatic N) is 3. The van der Waals surface area contributed by atoms with Gasteiger partial charge in [0.1, 0.15) is 11.5 Å². The Kier molecular flexibility index (Phi) is 11.0. The molecule has 0 saturated carbocycles. The van der Waals surface area contributed by atoms with E-state index in [0.717, 1.165) is 72.9 Å². The molecule has 2 aliphatic heterocycles. The Morgan fingerprint density at radius 1 is 0.507 bits per heavy atom. The lowest BCUT2D eigenvalue weighted by Gasteiger charge is -2.25. The van der Waals surface area contributed by atoms with Crippen LogP contribution in [0.2, 0.25) is 0 Å². The number of methoxy groups -OCH3 is 2. The summed E-state index contributed by atoms with van der Waals surface area (Å²) in [5.41, 5.74) is 13.4. The highest BCUT2D eigenvalue weighted by atomic mass is 16.5. The van der Waals surface area contributed by atoms with Crippen molar-refractivity contribution in [2.24, 2.45) is 0 Å². The Morgan fingerprint density at radius 3 is 1.54 bits per heavy atom. The van der Waals surface area contributed by atoms with Gasteiger partial charge in [0, 0.05) is 50.3 Å². The van der Waals surface area contributed by atoms with Crippen LogP contribution in [-0.2, 0) is 0 Å². The molecule has 11 heteroatoms. The maximum Gasteiger partial charge on any atom is 0.335 e. The van der Waals surface area contributed by atoms with Gasteiger partial charge >= 0.3 is 11.9 Å². The number of carbonyl (C=O) groups is 2. The Balaban J connectivity index is 1.16. The van der Waals surface area contributed by atoms with E-state index in [1.54, 1.807) is 62.8 Å². The van der Waals surface area contributed by atoms with E-state index in [-0.39, 0.29) is 11.1 Å². The van der Waals surface area contributed by atoms with Crippen molar-refractivity contribution in [3.8, 4) is 45.6 Å². The first-order valence-corrected chi connectivity index (χ1v) is 21.2. The highest BCUT2D eigenvalue weighted by Crippen LogP contribution is 2.37. The number of nitrogens with one attached hydrogen (secondary N) is 2. The van der Waals surface area contributed by atoms with Gasteiger partial charge in [0.2, 0.25) is 0 Å². The molecule has 2 aliphatic rings. The lowest BCUT2D eigenvalue weighted by Crippen LogP contribution is -2.09. The van der Waals surface area contributed by atoms with Crippen molar-refractivity contribution in [1.82, 2.24) is 19.9 Å². The zero-order valence-electron chi connectivity index (χ0n) is 36.1. The van der Waals surface area contributed by atoms with Crippen LogP contribution in [-0.4, -0.2) is 56.3 Å². The zero-order valence-corrected chi connectivity index (χ0v) is 36.1. The van der Waals surface area contributed by atoms with Crippen molar-refractivity contribution in [2.45, 2.75) is 0 Å². The monoisotopic (exact) mass is 877 g/mol. The van der Waals surface area contributed by atoms with Gasteiger partial charge in [-0.25, -0.2) is 19.6 Å². The molecule has 8 bridgehead atoms. The molecule has 4 N–H and O–H groups in total. The molecule has 0 fully saturated rings. The number of aromatic carboxylic acids is 2. The first-order chi connectivity index (χ1) is 32.7. The van der Waals surface area contributed by atoms with Gasteiger partial charge < -0.3 is 34.6 Å². The zero-order chi connectivity index (χ0) is 46.0. The lowest BCUT2D eigenvalue weighted by atomic mass is 10.0. The average molecular weight is 878 g/mol. The number of aromatic amines is 2. The number of benzene rings is 5. The van der Waals surface area contributed by atoms with Crippen LogP contribution >= 0.6 is 0 Å². The first-order valence-electron chi connectivity index (χ1n) is 21.2.